The third kappa shape index (κ3) is 7.51. The minimum Gasteiger partial charge on any atom is -0.484 e. The van der Waals surface area contributed by atoms with Crippen molar-refractivity contribution in [3.63, 3.8) is 0 Å². The van der Waals surface area contributed by atoms with Crippen molar-refractivity contribution < 1.29 is 23.9 Å². The van der Waals surface area contributed by atoms with Gasteiger partial charge in [0.1, 0.15) is 5.75 Å². The van der Waals surface area contributed by atoms with Gasteiger partial charge in [-0.25, -0.2) is 4.79 Å². The van der Waals surface area contributed by atoms with E-state index in [1.165, 1.54) is 0 Å². The molecule has 0 saturated carbocycles. The molecule has 0 unspecified atom stereocenters. The number of amides is 2. The van der Waals surface area contributed by atoms with Gasteiger partial charge in [-0.2, -0.15) is 0 Å². The number of aryl methyl sites for hydroxylation is 1. The van der Waals surface area contributed by atoms with E-state index < -0.39 is 17.8 Å². The van der Waals surface area contributed by atoms with Crippen LogP contribution in [-0.4, -0.2) is 36.1 Å². The number of hydrazine groups is 1. The molecule has 0 atom stereocenters. The molecule has 0 aliphatic rings. The lowest BCUT2D eigenvalue weighted by Crippen LogP contribution is -2.49. The van der Waals surface area contributed by atoms with E-state index in [1.54, 1.807) is 36.4 Å². The van der Waals surface area contributed by atoms with Crippen LogP contribution >= 0.6 is 12.2 Å². The van der Waals surface area contributed by atoms with E-state index in [-0.39, 0.29) is 11.7 Å². The molecule has 9 heteroatoms. The first-order chi connectivity index (χ1) is 14.4. The predicted octanol–water partition coefficient (Wildman–Crippen LogP) is 2.28. The first kappa shape index (κ1) is 22.8. The Balaban J connectivity index is 1.71. The summed E-state index contributed by atoms with van der Waals surface area (Å²) in [5, 5.41) is 2.41. The fraction of sp³-hybridized carbons (Fsp3) is 0.238. The molecule has 0 aliphatic heterocycles. The van der Waals surface area contributed by atoms with Crippen LogP contribution in [0.25, 0.3) is 0 Å². The van der Waals surface area contributed by atoms with Crippen molar-refractivity contribution in [2.75, 3.05) is 13.2 Å². The van der Waals surface area contributed by atoms with Gasteiger partial charge < -0.3 is 9.47 Å². The van der Waals surface area contributed by atoms with E-state index in [1.807, 2.05) is 26.0 Å². The van der Waals surface area contributed by atoms with E-state index in [0.29, 0.717) is 23.5 Å². The number of hydrogen-bond donors (Lipinski definition) is 3. The fourth-order valence-corrected chi connectivity index (χ4v) is 2.33. The van der Waals surface area contributed by atoms with Crippen LogP contribution in [0.2, 0.25) is 0 Å². The highest BCUT2D eigenvalue weighted by molar-refractivity contribution is 7.80. The predicted molar refractivity (Wildman–Crippen MR) is 115 cm³/mol. The quantitative estimate of drug-likeness (QED) is 0.352. The Morgan fingerprint density at radius 1 is 0.933 bits per heavy atom. The number of carbonyl (C=O) groups excluding carboxylic acids is 3. The van der Waals surface area contributed by atoms with Gasteiger partial charge in [0.15, 0.2) is 11.7 Å². The highest BCUT2D eigenvalue weighted by atomic mass is 32.1. The maximum atomic E-state index is 12.0. The van der Waals surface area contributed by atoms with Crippen molar-refractivity contribution in [3.05, 3.63) is 65.2 Å². The van der Waals surface area contributed by atoms with Gasteiger partial charge >= 0.3 is 5.97 Å². The SMILES string of the molecule is CCCOC(=O)c1ccc(OCC(=O)NNC(=S)NC(=O)c2ccc(C)cc2)cc1. The minimum atomic E-state index is -0.506. The molecule has 0 spiro atoms. The Labute approximate surface area is 179 Å². The molecule has 2 amide bonds. The largest absolute Gasteiger partial charge is 0.484 e. The molecule has 30 heavy (non-hydrogen) atoms. The van der Waals surface area contributed by atoms with Crippen molar-refractivity contribution in [1.29, 1.82) is 0 Å². The Hall–Kier alpha value is -3.46. The number of nitrogens with one attached hydrogen (secondary N) is 3. The molecular formula is C21H23N3O5S. The summed E-state index contributed by atoms with van der Waals surface area (Å²) >= 11 is 4.98. The summed E-state index contributed by atoms with van der Waals surface area (Å²) in [4.78, 5) is 35.6. The van der Waals surface area contributed by atoms with Crippen molar-refractivity contribution in [1.82, 2.24) is 16.2 Å². The number of benzene rings is 2. The molecule has 3 N–H and O–H groups in total. The zero-order chi connectivity index (χ0) is 21.9. The van der Waals surface area contributed by atoms with E-state index in [4.69, 9.17) is 21.7 Å². The molecule has 0 bridgehead atoms. The van der Waals surface area contributed by atoms with Gasteiger partial charge in [-0.3, -0.25) is 25.8 Å². The summed E-state index contributed by atoms with van der Waals surface area (Å²) in [6.45, 7) is 3.90. The van der Waals surface area contributed by atoms with Crippen molar-refractivity contribution >= 4 is 35.1 Å². The third-order valence-corrected chi connectivity index (χ3v) is 3.96. The maximum Gasteiger partial charge on any atom is 0.338 e. The van der Waals surface area contributed by atoms with Gasteiger partial charge in [0.05, 0.1) is 12.2 Å². The number of rotatable bonds is 7. The first-order valence-corrected chi connectivity index (χ1v) is 9.66. The van der Waals surface area contributed by atoms with Gasteiger partial charge in [0.2, 0.25) is 0 Å². The molecule has 158 valence electrons. The second kappa shape index (κ2) is 11.5. The number of carbonyl (C=O) groups is 3. The molecule has 2 aromatic carbocycles. The molecule has 0 aromatic heterocycles. The highest BCUT2D eigenvalue weighted by Crippen LogP contribution is 2.13. The van der Waals surface area contributed by atoms with E-state index in [2.05, 4.69) is 16.2 Å². The zero-order valence-corrected chi connectivity index (χ0v) is 17.5. The minimum absolute atomic E-state index is 0.0520. The molecule has 2 rings (SSSR count). The standard InChI is InChI=1S/C21H23N3O5S/c1-3-12-28-20(27)16-8-10-17(11-9-16)29-13-18(25)23-24-21(30)22-19(26)15-6-4-14(2)5-7-15/h4-11H,3,12-13H2,1-2H3,(H,23,25)(H2,22,24,26,30). The molecular weight excluding hydrogens is 406 g/mol. The van der Waals surface area contributed by atoms with Crippen LogP contribution in [0.15, 0.2) is 48.5 Å². The van der Waals surface area contributed by atoms with Gasteiger partial charge in [0, 0.05) is 5.56 Å². The first-order valence-electron chi connectivity index (χ1n) is 9.26. The van der Waals surface area contributed by atoms with Crippen LogP contribution in [0, 0.1) is 6.92 Å². The van der Waals surface area contributed by atoms with E-state index >= 15 is 0 Å². The van der Waals surface area contributed by atoms with Crippen LogP contribution in [0.1, 0.15) is 39.6 Å². The number of esters is 1. The summed E-state index contributed by atoms with van der Waals surface area (Å²) in [6, 6.07) is 13.2. The van der Waals surface area contributed by atoms with Gasteiger partial charge in [-0.05, 0) is 62.0 Å². The Bertz CT molecular complexity index is 898. The summed E-state index contributed by atoms with van der Waals surface area (Å²) in [5.74, 6) is -0.900. The average Bonchev–Trinajstić information content (AvgIpc) is 2.75. The number of thiocarbonyl (C=S) groups is 1. The number of hydrogen-bond acceptors (Lipinski definition) is 6. The molecule has 0 heterocycles. The molecule has 0 aliphatic carbocycles. The normalized spacial score (nSPS) is 9.93. The Kier molecular flexibility index (Phi) is 8.76. The van der Waals surface area contributed by atoms with E-state index in [9.17, 15) is 14.4 Å². The Morgan fingerprint density at radius 2 is 1.57 bits per heavy atom. The maximum absolute atomic E-state index is 12.0. The van der Waals surface area contributed by atoms with Gasteiger partial charge in [-0.15, -0.1) is 0 Å². The molecule has 0 fully saturated rings. The Morgan fingerprint density at radius 3 is 2.20 bits per heavy atom. The smallest absolute Gasteiger partial charge is 0.338 e. The van der Waals surface area contributed by atoms with Crippen molar-refractivity contribution in [3.8, 4) is 5.75 Å². The van der Waals surface area contributed by atoms with Crippen LogP contribution in [0.4, 0.5) is 0 Å². The van der Waals surface area contributed by atoms with Gasteiger partial charge in [0.25, 0.3) is 11.8 Å². The third-order valence-electron chi connectivity index (χ3n) is 3.75. The molecule has 2 aromatic rings. The molecule has 8 nitrogen and oxygen atoms in total. The summed E-state index contributed by atoms with van der Waals surface area (Å²) < 4.78 is 10.4. The fourth-order valence-electron chi connectivity index (χ4n) is 2.19. The van der Waals surface area contributed by atoms with Crippen LogP contribution in [-0.2, 0) is 9.53 Å². The second-order valence-electron chi connectivity index (χ2n) is 6.27. The topological polar surface area (TPSA) is 106 Å². The lowest BCUT2D eigenvalue weighted by molar-refractivity contribution is -0.123. The lowest BCUT2D eigenvalue weighted by Gasteiger charge is -2.11. The lowest BCUT2D eigenvalue weighted by atomic mass is 10.1. The molecule has 0 radical (unpaired) electrons. The van der Waals surface area contributed by atoms with Crippen molar-refractivity contribution in [2.45, 2.75) is 20.3 Å². The van der Waals surface area contributed by atoms with Crippen LogP contribution < -0.4 is 20.9 Å². The van der Waals surface area contributed by atoms with E-state index in [0.717, 1.165) is 12.0 Å². The summed E-state index contributed by atoms with van der Waals surface area (Å²) in [5.41, 5.74) is 6.64. The van der Waals surface area contributed by atoms with Crippen molar-refractivity contribution in [2.24, 2.45) is 0 Å². The summed E-state index contributed by atoms with van der Waals surface area (Å²) in [7, 11) is 0. The van der Waals surface area contributed by atoms with Crippen LogP contribution in [0.3, 0.4) is 0 Å². The zero-order valence-electron chi connectivity index (χ0n) is 16.7. The number of ether oxygens (including phenoxy) is 2. The molecule has 0 saturated heterocycles. The average molecular weight is 429 g/mol. The monoisotopic (exact) mass is 429 g/mol. The van der Waals surface area contributed by atoms with Gasteiger partial charge in [-0.1, -0.05) is 24.6 Å². The summed E-state index contributed by atoms with van der Waals surface area (Å²) in [6.07, 6.45) is 0.745. The van der Waals surface area contributed by atoms with Crippen LogP contribution in [0.5, 0.6) is 5.75 Å². The highest BCUT2D eigenvalue weighted by Gasteiger charge is 2.10. The second-order valence-corrected chi connectivity index (χ2v) is 6.68.